The molecule has 1 aromatic carbocycles. The Labute approximate surface area is 146 Å². The monoisotopic (exact) mass is 416 g/mol. The largest absolute Gasteiger partial charge is 0.481 e. The highest BCUT2D eigenvalue weighted by Gasteiger charge is 2.58. The molecule has 0 bridgehead atoms. The van der Waals surface area contributed by atoms with Crippen LogP contribution in [0.5, 0.6) is 0 Å². The molecule has 140 valence electrons. The third-order valence-corrected chi connectivity index (χ3v) is 6.70. The minimum absolute atomic E-state index is 0.0879. The first-order valence-corrected chi connectivity index (χ1v) is 10.2. The van der Waals surface area contributed by atoms with Crippen molar-refractivity contribution < 1.29 is 48.5 Å². The molecule has 6 N–H and O–H groups in total. The fourth-order valence-corrected chi connectivity index (χ4v) is 4.36. The summed E-state index contributed by atoms with van der Waals surface area (Å²) in [7, 11) is -10.9. The molecule has 0 amide bonds. The maximum atomic E-state index is 11.9. The molecule has 0 saturated carbocycles. The lowest BCUT2D eigenvalue weighted by molar-refractivity contribution is -0.141. The first kappa shape index (κ1) is 21.8. The van der Waals surface area contributed by atoms with Gasteiger partial charge in [0.05, 0.1) is 0 Å². The van der Waals surface area contributed by atoms with Gasteiger partial charge in [-0.1, -0.05) is 23.7 Å². The van der Waals surface area contributed by atoms with E-state index >= 15 is 0 Å². The highest BCUT2D eigenvalue weighted by Crippen LogP contribution is 2.58. The van der Waals surface area contributed by atoms with Crippen LogP contribution < -0.4 is 0 Å². The number of carboxylic acid groups (broad SMARTS) is 2. The highest BCUT2D eigenvalue weighted by atomic mass is 35.5. The van der Waals surface area contributed by atoms with Crippen LogP contribution in [0.25, 0.3) is 0 Å². The summed E-state index contributed by atoms with van der Waals surface area (Å²) in [6.45, 7) is 0. The average molecular weight is 417 g/mol. The Balaban J connectivity index is 3.49. The lowest BCUT2D eigenvalue weighted by Crippen LogP contribution is -2.45. The van der Waals surface area contributed by atoms with E-state index in [1.165, 1.54) is 24.3 Å². The molecule has 13 heteroatoms. The first-order valence-electron chi connectivity index (χ1n) is 6.52. The standard InChI is InChI=1S/C12H15ClO10P2/c13-8-3-1-7(2-4-8)5-12(11(16)17,25(21,22)23)6-9(10(14)15)24(18,19)20/h1-4,9H,5-6H2,(H,14,15)(H,16,17)(H2,18,19,20)(H2,21,22,23). The van der Waals surface area contributed by atoms with Crippen LogP contribution in [0.3, 0.4) is 0 Å². The van der Waals surface area contributed by atoms with E-state index in [0.29, 0.717) is 0 Å². The van der Waals surface area contributed by atoms with Crippen molar-refractivity contribution in [1.29, 1.82) is 0 Å². The van der Waals surface area contributed by atoms with Gasteiger partial charge in [-0.25, -0.2) is 0 Å². The van der Waals surface area contributed by atoms with E-state index in [1.807, 2.05) is 0 Å². The number of aliphatic carboxylic acids is 2. The molecule has 0 radical (unpaired) electrons. The van der Waals surface area contributed by atoms with E-state index < -0.39 is 50.8 Å². The maximum Gasteiger partial charge on any atom is 0.343 e. The molecule has 0 aliphatic carbocycles. The fourth-order valence-electron chi connectivity index (χ4n) is 2.19. The van der Waals surface area contributed by atoms with E-state index in [-0.39, 0.29) is 10.6 Å². The second-order valence-corrected chi connectivity index (χ2v) is 9.51. The number of benzene rings is 1. The number of carbonyl (C=O) groups is 2. The zero-order valence-electron chi connectivity index (χ0n) is 12.4. The van der Waals surface area contributed by atoms with Crippen LogP contribution in [0.4, 0.5) is 0 Å². The summed E-state index contributed by atoms with van der Waals surface area (Å²) in [4.78, 5) is 60.2. The summed E-state index contributed by atoms with van der Waals surface area (Å²) >= 11 is 5.67. The van der Waals surface area contributed by atoms with Crippen molar-refractivity contribution in [2.45, 2.75) is 23.7 Å². The third-order valence-electron chi connectivity index (χ3n) is 3.59. The summed E-state index contributed by atoms with van der Waals surface area (Å²) in [5.41, 5.74) is -2.51. The molecule has 1 aromatic rings. The molecule has 0 aliphatic rings. The topological polar surface area (TPSA) is 190 Å². The minimum atomic E-state index is -5.54. The van der Waals surface area contributed by atoms with Crippen LogP contribution >= 0.6 is 26.8 Å². The quantitative estimate of drug-likeness (QED) is 0.332. The molecule has 1 rings (SSSR count). The van der Waals surface area contributed by atoms with Crippen LogP contribution in [-0.2, 0) is 25.1 Å². The van der Waals surface area contributed by atoms with Gasteiger partial charge >= 0.3 is 27.1 Å². The predicted molar refractivity (Wildman–Crippen MR) is 85.7 cm³/mol. The molecule has 0 saturated heterocycles. The normalized spacial score (nSPS) is 16.0. The smallest absolute Gasteiger partial charge is 0.343 e. The van der Waals surface area contributed by atoms with Crippen LogP contribution in [0, 0.1) is 0 Å². The van der Waals surface area contributed by atoms with E-state index in [1.54, 1.807) is 0 Å². The Bertz CT molecular complexity index is 752. The summed E-state index contributed by atoms with van der Waals surface area (Å²) in [5.74, 6) is -4.14. The van der Waals surface area contributed by atoms with Crippen LogP contribution in [-0.4, -0.2) is 52.5 Å². The zero-order chi connectivity index (χ0) is 19.6. The number of halogens is 1. The second-order valence-electron chi connectivity index (χ2n) is 5.33. The average Bonchev–Trinajstić information content (AvgIpc) is 2.42. The summed E-state index contributed by atoms with van der Waals surface area (Å²) in [6, 6.07) is 5.17. The first-order chi connectivity index (χ1) is 11.2. The molecular formula is C12H15ClO10P2. The lowest BCUT2D eigenvalue weighted by Gasteiger charge is -2.32. The Kier molecular flexibility index (Phi) is 6.58. The van der Waals surface area contributed by atoms with Gasteiger partial charge < -0.3 is 29.8 Å². The van der Waals surface area contributed by atoms with Crippen molar-refractivity contribution in [1.82, 2.24) is 0 Å². The van der Waals surface area contributed by atoms with Crippen molar-refractivity contribution in [3.8, 4) is 0 Å². The van der Waals surface area contributed by atoms with Crippen molar-refractivity contribution >= 4 is 38.7 Å². The summed E-state index contributed by atoms with van der Waals surface area (Å²) < 4.78 is 23.2. The van der Waals surface area contributed by atoms with Gasteiger partial charge in [0, 0.05) is 17.9 Å². The molecule has 0 heterocycles. The van der Waals surface area contributed by atoms with Crippen molar-refractivity contribution in [2.24, 2.45) is 0 Å². The van der Waals surface area contributed by atoms with Crippen molar-refractivity contribution in [3.05, 3.63) is 34.9 Å². The molecule has 0 spiro atoms. The van der Waals surface area contributed by atoms with Crippen molar-refractivity contribution in [3.63, 3.8) is 0 Å². The summed E-state index contributed by atoms with van der Waals surface area (Å²) in [5, 5.41) is 15.6. The Morgan fingerprint density at radius 3 is 1.84 bits per heavy atom. The third kappa shape index (κ3) is 5.12. The van der Waals surface area contributed by atoms with Crippen LogP contribution in [0.2, 0.25) is 5.02 Å². The van der Waals surface area contributed by atoms with E-state index in [0.717, 1.165) is 0 Å². The predicted octanol–water partition coefficient (Wildman–Crippen LogP) is 0.905. The number of carboxylic acids is 2. The van der Waals surface area contributed by atoms with Gasteiger partial charge in [0.25, 0.3) is 0 Å². The van der Waals surface area contributed by atoms with Crippen molar-refractivity contribution in [2.75, 3.05) is 0 Å². The fraction of sp³-hybridized carbons (Fsp3) is 0.333. The molecule has 10 nitrogen and oxygen atoms in total. The van der Waals surface area contributed by atoms with E-state index in [2.05, 4.69) is 0 Å². The molecular weight excluding hydrogens is 402 g/mol. The molecule has 0 aliphatic heterocycles. The van der Waals surface area contributed by atoms with Gasteiger partial charge in [-0.3, -0.25) is 18.7 Å². The van der Waals surface area contributed by atoms with Crippen LogP contribution in [0.15, 0.2) is 24.3 Å². The molecule has 2 atom stereocenters. The van der Waals surface area contributed by atoms with Gasteiger partial charge in [-0.2, -0.15) is 0 Å². The zero-order valence-corrected chi connectivity index (χ0v) is 14.9. The van der Waals surface area contributed by atoms with Crippen LogP contribution in [0.1, 0.15) is 12.0 Å². The van der Waals surface area contributed by atoms with E-state index in [9.17, 15) is 33.6 Å². The molecule has 0 aromatic heterocycles. The van der Waals surface area contributed by atoms with Gasteiger partial charge in [-0.05, 0) is 17.7 Å². The molecule has 25 heavy (non-hydrogen) atoms. The maximum absolute atomic E-state index is 11.9. The van der Waals surface area contributed by atoms with Gasteiger partial charge in [0.1, 0.15) is 0 Å². The lowest BCUT2D eigenvalue weighted by atomic mass is 9.93. The highest BCUT2D eigenvalue weighted by molar-refractivity contribution is 7.55. The summed E-state index contributed by atoms with van der Waals surface area (Å²) in [6.07, 6.45) is -2.32. The van der Waals surface area contributed by atoms with Gasteiger partial charge in [0.2, 0.25) is 0 Å². The molecule has 0 fully saturated rings. The SMILES string of the molecule is O=C(O)C(CC(Cc1ccc(Cl)cc1)(C(=O)O)P(=O)(O)O)P(=O)(O)O. The van der Waals surface area contributed by atoms with Gasteiger partial charge in [-0.15, -0.1) is 0 Å². The second kappa shape index (κ2) is 7.55. The van der Waals surface area contributed by atoms with Gasteiger partial charge in [0.15, 0.2) is 10.8 Å². The van der Waals surface area contributed by atoms with E-state index in [4.69, 9.17) is 26.5 Å². The molecule has 2 unspecified atom stereocenters. The number of hydrogen-bond donors (Lipinski definition) is 6. The number of rotatable bonds is 8. The minimum Gasteiger partial charge on any atom is -0.481 e. The Hall–Kier alpha value is -1.25. The Morgan fingerprint density at radius 1 is 1.04 bits per heavy atom. The Morgan fingerprint density at radius 2 is 1.52 bits per heavy atom. The number of hydrogen-bond acceptors (Lipinski definition) is 4.